The first-order chi connectivity index (χ1) is 15.3. The number of benzene rings is 2. The zero-order chi connectivity index (χ0) is 23.7. The fraction of sp³-hybridized carbons (Fsp3) is 0.321. The lowest BCUT2D eigenvalue weighted by Gasteiger charge is -2.24. The quantitative estimate of drug-likeness (QED) is 0.398. The average molecular weight is 432 g/mol. The summed E-state index contributed by atoms with van der Waals surface area (Å²) in [5.74, 6) is 1.09. The van der Waals surface area contributed by atoms with E-state index in [-0.39, 0.29) is 5.75 Å². The Morgan fingerprint density at radius 1 is 1.16 bits per heavy atom. The zero-order valence-corrected chi connectivity index (χ0v) is 20.2. The van der Waals surface area contributed by atoms with Crippen LogP contribution >= 0.6 is 0 Å². The summed E-state index contributed by atoms with van der Waals surface area (Å²) >= 11 is 0. The lowest BCUT2D eigenvalue weighted by molar-refractivity contribution is 0.459. The molecular weight excluding hydrogens is 394 g/mol. The first kappa shape index (κ1) is 25.0. The van der Waals surface area contributed by atoms with Crippen molar-refractivity contribution < 1.29 is 5.11 Å². The number of imidazole rings is 1. The van der Waals surface area contributed by atoms with E-state index in [0.29, 0.717) is 6.54 Å². The second-order valence-corrected chi connectivity index (χ2v) is 8.12. The average Bonchev–Trinajstić information content (AvgIpc) is 3.09. The van der Waals surface area contributed by atoms with Gasteiger partial charge in [-0.15, -0.1) is 6.58 Å². The molecule has 0 atom stereocenters. The molecule has 0 bridgehead atoms. The molecule has 0 radical (unpaired) electrons. The molecule has 0 aliphatic rings. The summed E-state index contributed by atoms with van der Waals surface area (Å²) < 4.78 is 2.22. The minimum absolute atomic E-state index is 0.241. The van der Waals surface area contributed by atoms with Crippen molar-refractivity contribution in [2.24, 2.45) is 0 Å². The smallest absolute Gasteiger partial charge is 0.141 e. The molecular formula is C28H37N3O. The van der Waals surface area contributed by atoms with Gasteiger partial charge in [0.25, 0.3) is 0 Å². The highest BCUT2D eigenvalue weighted by Crippen LogP contribution is 2.30. The molecule has 0 fully saturated rings. The Morgan fingerprint density at radius 2 is 1.81 bits per heavy atom. The molecule has 1 N–H and O–H groups in total. The predicted molar refractivity (Wildman–Crippen MR) is 137 cm³/mol. The number of nitrogens with zero attached hydrogens (tertiary/aromatic N) is 3. The normalized spacial score (nSPS) is 10.3. The number of hydrogen-bond acceptors (Lipinski definition) is 3. The number of aromatic nitrogens is 2. The van der Waals surface area contributed by atoms with E-state index in [0.717, 1.165) is 47.9 Å². The van der Waals surface area contributed by atoms with Gasteiger partial charge in [0.1, 0.15) is 11.6 Å². The summed E-state index contributed by atoms with van der Waals surface area (Å²) in [6.45, 7) is 17.6. The standard InChI is InChI=1S/C25H31N3O.C3H6/c1-6-7-15-27(5)20(4)24-19(3)26-25(22-9-8-10-23(29)16-22)28(24)17-21-13-11-18(2)12-14-21;1-3-2/h8-14,16,29H,4,6-7,15,17H2,1-3,5H3;3H,1H2,2H3. The number of phenolic OH excluding ortho intramolecular Hbond substituents is 1. The van der Waals surface area contributed by atoms with Gasteiger partial charge in [0.2, 0.25) is 0 Å². The second-order valence-electron chi connectivity index (χ2n) is 8.12. The number of aryl methyl sites for hydroxylation is 2. The molecule has 3 rings (SSSR count). The lowest BCUT2D eigenvalue weighted by Crippen LogP contribution is -2.20. The van der Waals surface area contributed by atoms with Crippen molar-refractivity contribution >= 4 is 5.70 Å². The Hall–Kier alpha value is -3.27. The molecule has 0 unspecified atom stereocenters. The lowest BCUT2D eigenvalue weighted by atomic mass is 10.1. The molecule has 0 spiro atoms. The number of hydrogen-bond donors (Lipinski definition) is 1. The third kappa shape index (κ3) is 6.36. The monoisotopic (exact) mass is 431 g/mol. The predicted octanol–water partition coefficient (Wildman–Crippen LogP) is 6.82. The van der Waals surface area contributed by atoms with Gasteiger partial charge in [-0.3, -0.25) is 0 Å². The van der Waals surface area contributed by atoms with Crippen molar-refractivity contribution in [1.29, 1.82) is 0 Å². The van der Waals surface area contributed by atoms with Crippen molar-refractivity contribution in [3.8, 4) is 17.1 Å². The third-order valence-corrected chi connectivity index (χ3v) is 5.29. The van der Waals surface area contributed by atoms with Crippen molar-refractivity contribution in [2.75, 3.05) is 13.6 Å². The maximum Gasteiger partial charge on any atom is 0.141 e. The van der Waals surface area contributed by atoms with Gasteiger partial charge >= 0.3 is 0 Å². The summed E-state index contributed by atoms with van der Waals surface area (Å²) in [6, 6.07) is 15.9. The molecule has 170 valence electrons. The molecule has 0 saturated carbocycles. The zero-order valence-electron chi connectivity index (χ0n) is 20.2. The van der Waals surface area contributed by atoms with Crippen LogP contribution in [0.15, 0.2) is 67.8 Å². The van der Waals surface area contributed by atoms with Crippen molar-refractivity contribution in [3.05, 3.63) is 90.3 Å². The second kappa shape index (κ2) is 11.9. The number of aromatic hydroxyl groups is 1. The highest BCUT2D eigenvalue weighted by Gasteiger charge is 2.20. The van der Waals surface area contributed by atoms with Crippen LogP contribution in [0.4, 0.5) is 0 Å². The molecule has 0 aliphatic heterocycles. The van der Waals surface area contributed by atoms with Gasteiger partial charge in [-0.05, 0) is 44.9 Å². The van der Waals surface area contributed by atoms with E-state index < -0.39 is 0 Å². The molecule has 3 aromatic rings. The van der Waals surface area contributed by atoms with E-state index in [2.05, 4.69) is 67.8 Å². The van der Waals surface area contributed by atoms with E-state index in [4.69, 9.17) is 4.98 Å². The molecule has 4 nitrogen and oxygen atoms in total. The highest BCUT2D eigenvalue weighted by molar-refractivity contribution is 5.67. The Labute approximate surface area is 193 Å². The minimum Gasteiger partial charge on any atom is -0.508 e. The van der Waals surface area contributed by atoms with Gasteiger partial charge in [0.05, 0.1) is 17.1 Å². The van der Waals surface area contributed by atoms with Crippen LogP contribution in [-0.4, -0.2) is 33.1 Å². The minimum atomic E-state index is 0.241. The van der Waals surface area contributed by atoms with E-state index in [1.807, 2.05) is 26.0 Å². The Balaban J connectivity index is 0.00000114. The fourth-order valence-electron chi connectivity index (χ4n) is 3.54. The van der Waals surface area contributed by atoms with Crippen LogP contribution in [0, 0.1) is 13.8 Å². The molecule has 0 saturated heterocycles. The maximum atomic E-state index is 9.99. The molecule has 0 aliphatic carbocycles. The molecule has 4 heteroatoms. The van der Waals surface area contributed by atoms with E-state index in [1.54, 1.807) is 18.2 Å². The number of allylic oxidation sites excluding steroid dienone is 1. The largest absolute Gasteiger partial charge is 0.508 e. The van der Waals surface area contributed by atoms with Crippen molar-refractivity contribution in [1.82, 2.24) is 14.5 Å². The molecule has 32 heavy (non-hydrogen) atoms. The van der Waals surface area contributed by atoms with E-state index in [1.165, 1.54) is 11.1 Å². The van der Waals surface area contributed by atoms with Crippen LogP contribution in [0.3, 0.4) is 0 Å². The molecule has 2 aromatic carbocycles. The first-order valence-corrected chi connectivity index (χ1v) is 11.2. The van der Waals surface area contributed by atoms with E-state index in [9.17, 15) is 5.11 Å². The number of unbranched alkanes of at least 4 members (excludes halogenated alkanes) is 1. The van der Waals surface area contributed by atoms with Crippen LogP contribution in [0.2, 0.25) is 0 Å². The van der Waals surface area contributed by atoms with Gasteiger partial charge in [0.15, 0.2) is 0 Å². The Morgan fingerprint density at radius 3 is 2.41 bits per heavy atom. The molecule has 1 aromatic heterocycles. The van der Waals surface area contributed by atoms with Crippen molar-refractivity contribution in [2.45, 2.75) is 47.1 Å². The van der Waals surface area contributed by atoms with Crippen LogP contribution < -0.4 is 0 Å². The van der Waals surface area contributed by atoms with Crippen LogP contribution in [-0.2, 0) is 6.54 Å². The van der Waals surface area contributed by atoms with E-state index >= 15 is 0 Å². The summed E-state index contributed by atoms with van der Waals surface area (Å²) in [4.78, 5) is 7.10. The van der Waals surface area contributed by atoms with Gasteiger partial charge in [-0.2, -0.15) is 0 Å². The van der Waals surface area contributed by atoms with Crippen molar-refractivity contribution in [3.63, 3.8) is 0 Å². The van der Waals surface area contributed by atoms with Gasteiger partial charge < -0.3 is 14.6 Å². The first-order valence-electron chi connectivity index (χ1n) is 11.2. The third-order valence-electron chi connectivity index (χ3n) is 5.29. The SMILES string of the molecule is C=C(c1c(C)nc(-c2cccc(O)c2)n1Cc1ccc(C)cc1)N(C)CCCC.C=CC. The van der Waals surface area contributed by atoms with Gasteiger partial charge in [0, 0.05) is 25.7 Å². The fourth-order valence-corrected chi connectivity index (χ4v) is 3.54. The Kier molecular flexibility index (Phi) is 9.33. The van der Waals surface area contributed by atoms with Gasteiger partial charge in [-0.25, -0.2) is 4.98 Å². The maximum absolute atomic E-state index is 9.99. The van der Waals surface area contributed by atoms with Crippen LogP contribution in [0.1, 0.15) is 49.2 Å². The van der Waals surface area contributed by atoms with Crippen LogP contribution in [0.5, 0.6) is 5.75 Å². The summed E-state index contributed by atoms with van der Waals surface area (Å²) in [5.41, 5.74) is 6.32. The molecule has 0 amide bonds. The number of rotatable bonds is 8. The highest BCUT2D eigenvalue weighted by atomic mass is 16.3. The van der Waals surface area contributed by atoms with Gasteiger partial charge in [-0.1, -0.05) is 68.0 Å². The molecule has 1 heterocycles. The topological polar surface area (TPSA) is 41.3 Å². The summed E-state index contributed by atoms with van der Waals surface area (Å²) in [5, 5.41) is 9.99. The summed E-state index contributed by atoms with van der Waals surface area (Å²) in [7, 11) is 2.09. The Bertz CT molecular complexity index is 1030. The van der Waals surface area contributed by atoms with Crippen LogP contribution in [0.25, 0.3) is 17.1 Å². The number of phenols is 1. The summed E-state index contributed by atoms with van der Waals surface area (Å²) in [6.07, 6.45) is 4.02.